The van der Waals surface area contributed by atoms with Gasteiger partial charge in [-0.15, -0.1) is 0 Å². The number of rotatable bonds is 10. The molecule has 0 fully saturated rings. The highest BCUT2D eigenvalue weighted by Gasteiger charge is 2.21. The lowest BCUT2D eigenvalue weighted by molar-refractivity contribution is -0.142. The molecule has 0 radical (unpaired) electrons. The lowest BCUT2D eigenvalue weighted by Gasteiger charge is -2.18. The number of carboxylic acid groups (broad SMARTS) is 1. The predicted octanol–water partition coefficient (Wildman–Crippen LogP) is 0.548. The molecule has 0 aliphatic heterocycles. The summed E-state index contributed by atoms with van der Waals surface area (Å²) in [6, 6.07) is 5.65. The van der Waals surface area contributed by atoms with Gasteiger partial charge in [-0.1, -0.05) is 13.8 Å². The number of ether oxygens (including phenoxy) is 1. The molecule has 9 heteroatoms. The van der Waals surface area contributed by atoms with Gasteiger partial charge in [-0.3, -0.25) is 4.79 Å². The van der Waals surface area contributed by atoms with Crippen LogP contribution in [0.3, 0.4) is 0 Å². The van der Waals surface area contributed by atoms with Crippen LogP contribution in [0.15, 0.2) is 29.2 Å². The Morgan fingerprint density at radius 2 is 1.75 bits per heavy atom. The van der Waals surface area contributed by atoms with Crippen LogP contribution in [0.4, 0.5) is 0 Å². The summed E-state index contributed by atoms with van der Waals surface area (Å²) in [4.78, 5) is 22.3. The number of carbonyl (C=O) groups is 2. The Bertz CT molecular complexity index is 653. The van der Waals surface area contributed by atoms with Crippen LogP contribution in [0.1, 0.15) is 24.2 Å². The van der Waals surface area contributed by atoms with Crippen LogP contribution in [-0.2, 0) is 19.6 Å². The number of benzene rings is 1. The van der Waals surface area contributed by atoms with Gasteiger partial charge in [-0.05, 0) is 24.3 Å². The van der Waals surface area contributed by atoms with Crippen LogP contribution in [0.2, 0.25) is 0 Å². The van der Waals surface area contributed by atoms with Crippen LogP contribution < -0.4 is 5.32 Å². The van der Waals surface area contributed by atoms with Crippen molar-refractivity contribution in [2.45, 2.75) is 18.7 Å². The Kier molecular flexibility index (Phi) is 7.83. The minimum absolute atomic E-state index is 0.0759. The molecule has 1 rings (SSSR count). The molecule has 2 N–H and O–H groups in total. The van der Waals surface area contributed by atoms with Crippen LogP contribution >= 0.6 is 0 Å². The minimum atomic E-state index is -3.55. The second-order valence-corrected chi connectivity index (χ2v) is 6.75. The van der Waals surface area contributed by atoms with E-state index in [0.717, 1.165) is 0 Å². The van der Waals surface area contributed by atoms with Crippen LogP contribution in [0, 0.1) is 0 Å². The molecule has 0 spiro atoms. The van der Waals surface area contributed by atoms with Gasteiger partial charge in [0.25, 0.3) is 5.91 Å². The number of carboxylic acids is 1. The predicted molar refractivity (Wildman–Crippen MR) is 87.3 cm³/mol. The van der Waals surface area contributed by atoms with E-state index in [1.54, 1.807) is 13.8 Å². The van der Waals surface area contributed by atoms with Gasteiger partial charge < -0.3 is 15.2 Å². The molecular formula is C15H22N2O6S. The fourth-order valence-corrected chi connectivity index (χ4v) is 3.45. The number of amides is 1. The molecule has 1 amide bonds. The van der Waals surface area contributed by atoms with Gasteiger partial charge in [0.15, 0.2) is 0 Å². The molecule has 0 aromatic heterocycles. The molecule has 0 bridgehead atoms. The van der Waals surface area contributed by atoms with E-state index in [-0.39, 0.29) is 24.0 Å². The van der Waals surface area contributed by atoms with Gasteiger partial charge >= 0.3 is 5.97 Å². The van der Waals surface area contributed by atoms with Gasteiger partial charge in [0, 0.05) is 25.2 Å². The summed E-state index contributed by atoms with van der Waals surface area (Å²) in [5.74, 6) is -1.47. The highest BCUT2D eigenvalue weighted by molar-refractivity contribution is 7.89. The van der Waals surface area contributed by atoms with Crippen molar-refractivity contribution in [3.8, 4) is 0 Å². The zero-order valence-electron chi connectivity index (χ0n) is 13.7. The van der Waals surface area contributed by atoms with E-state index in [1.165, 1.54) is 28.6 Å². The van der Waals surface area contributed by atoms with Crippen LogP contribution in [0.25, 0.3) is 0 Å². The monoisotopic (exact) mass is 358 g/mol. The third-order valence-electron chi connectivity index (χ3n) is 3.22. The Hall–Kier alpha value is -1.97. The van der Waals surface area contributed by atoms with E-state index < -0.39 is 22.6 Å². The standard InChI is InChI=1S/C15H22N2O6S/c1-3-17(4-2)24(21,22)13-7-5-12(6-8-13)15(20)16-9-10-23-11-14(18)19/h5-8H,3-4,9-11H2,1-2H3,(H,16,20)(H,18,19). The third kappa shape index (κ3) is 5.59. The van der Waals surface area contributed by atoms with Gasteiger partial charge in [0.05, 0.1) is 11.5 Å². The Balaban J connectivity index is 2.64. The van der Waals surface area contributed by atoms with E-state index >= 15 is 0 Å². The SMILES string of the molecule is CCN(CC)S(=O)(=O)c1ccc(C(=O)NCCOCC(=O)O)cc1. The molecule has 24 heavy (non-hydrogen) atoms. The maximum Gasteiger partial charge on any atom is 0.329 e. The smallest absolute Gasteiger partial charge is 0.329 e. The van der Waals surface area contributed by atoms with Crippen molar-refractivity contribution in [2.75, 3.05) is 32.8 Å². The van der Waals surface area contributed by atoms with E-state index in [2.05, 4.69) is 5.32 Å². The molecule has 1 aromatic rings. The number of nitrogens with one attached hydrogen (secondary N) is 1. The van der Waals surface area contributed by atoms with Crippen molar-refractivity contribution < 1.29 is 27.9 Å². The maximum atomic E-state index is 12.3. The van der Waals surface area contributed by atoms with E-state index in [1.807, 2.05) is 0 Å². The number of sulfonamides is 1. The summed E-state index contributed by atoms with van der Waals surface area (Å²) in [5, 5.41) is 11.0. The summed E-state index contributed by atoms with van der Waals surface area (Å²) < 4.78 is 30.8. The van der Waals surface area contributed by atoms with Gasteiger partial charge in [0.2, 0.25) is 10.0 Å². The highest BCUT2D eigenvalue weighted by atomic mass is 32.2. The molecule has 0 heterocycles. The summed E-state index contributed by atoms with van der Waals surface area (Å²) in [5.41, 5.74) is 0.312. The molecule has 8 nitrogen and oxygen atoms in total. The number of hydrogen-bond donors (Lipinski definition) is 2. The lowest BCUT2D eigenvalue weighted by atomic mass is 10.2. The van der Waals surface area contributed by atoms with Gasteiger partial charge in [-0.2, -0.15) is 4.31 Å². The second kappa shape index (κ2) is 9.36. The molecule has 0 saturated heterocycles. The normalized spacial score (nSPS) is 11.5. The van der Waals surface area contributed by atoms with Gasteiger partial charge in [0.1, 0.15) is 6.61 Å². The zero-order chi connectivity index (χ0) is 18.2. The van der Waals surface area contributed by atoms with Crippen molar-refractivity contribution in [2.24, 2.45) is 0 Å². The summed E-state index contributed by atoms with van der Waals surface area (Å²) in [6.45, 7) is 4.07. The fraction of sp³-hybridized carbons (Fsp3) is 0.467. The molecule has 0 aliphatic rings. The first-order valence-electron chi connectivity index (χ1n) is 7.50. The largest absolute Gasteiger partial charge is 0.480 e. The van der Waals surface area contributed by atoms with E-state index in [4.69, 9.17) is 9.84 Å². The quantitative estimate of drug-likeness (QED) is 0.591. The highest BCUT2D eigenvalue weighted by Crippen LogP contribution is 2.16. The second-order valence-electron chi connectivity index (χ2n) is 4.82. The summed E-state index contributed by atoms with van der Waals surface area (Å²) >= 11 is 0. The minimum Gasteiger partial charge on any atom is -0.480 e. The topological polar surface area (TPSA) is 113 Å². The average molecular weight is 358 g/mol. The number of aliphatic carboxylic acids is 1. The first-order valence-corrected chi connectivity index (χ1v) is 8.94. The van der Waals surface area contributed by atoms with Crippen molar-refractivity contribution in [3.05, 3.63) is 29.8 Å². The van der Waals surface area contributed by atoms with E-state index in [0.29, 0.717) is 18.7 Å². The lowest BCUT2D eigenvalue weighted by Crippen LogP contribution is -2.31. The Morgan fingerprint density at radius 1 is 1.17 bits per heavy atom. The average Bonchev–Trinajstić information content (AvgIpc) is 2.55. The number of nitrogens with zero attached hydrogens (tertiary/aromatic N) is 1. The van der Waals surface area contributed by atoms with E-state index in [9.17, 15) is 18.0 Å². The molecule has 0 atom stereocenters. The molecule has 0 saturated carbocycles. The summed E-state index contributed by atoms with van der Waals surface area (Å²) in [6.07, 6.45) is 0. The Morgan fingerprint density at radius 3 is 2.25 bits per heavy atom. The first kappa shape index (κ1) is 20.1. The summed E-state index contributed by atoms with van der Waals surface area (Å²) in [7, 11) is -3.55. The number of carbonyl (C=O) groups excluding carboxylic acids is 1. The van der Waals surface area contributed by atoms with Crippen molar-refractivity contribution in [1.82, 2.24) is 9.62 Å². The van der Waals surface area contributed by atoms with Crippen LogP contribution in [0.5, 0.6) is 0 Å². The molecular weight excluding hydrogens is 336 g/mol. The molecule has 0 unspecified atom stereocenters. The molecule has 1 aromatic carbocycles. The van der Waals surface area contributed by atoms with Crippen molar-refractivity contribution in [3.63, 3.8) is 0 Å². The van der Waals surface area contributed by atoms with Gasteiger partial charge in [-0.25, -0.2) is 13.2 Å². The maximum absolute atomic E-state index is 12.3. The third-order valence-corrected chi connectivity index (χ3v) is 5.28. The van der Waals surface area contributed by atoms with Crippen LogP contribution in [-0.4, -0.2) is 62.6 Å². The first-order chi connectivity index (χ1) is 11.3. The van der Waals surface area contributed by atoms with Crippen molar-refractivity contribution in [1.29, 1.82) is 0 Å². The fourth-order valence-electron chi connectivity index (χ4n) is 1.99. The molecule has 134 valence electrons. The van der Waals surface area contributed by atoms with Crippen molar-refractivity contribution >= 4 is 21.9 Å². The molecule has 0 aliphatic carbocycles. The zero-order valence-corrected chi connectivity index (χ0v) is 14.5. The number of hydrogen-bond acceptors (Lipinski definition) is 5. The Labute approximate surface area is 141 Å².